The fourth-order valence-corrected chi connectivity index (χ4v) is 2.55. The van der Waals surface area contributed by atoms with Crippen molar-refractivity contribution < 1.29 is 4.74 Å². The molecule has 0 aliphatic rings. The fourth-order valence-electron chi connectivity index (χ4n) is 2.55. The van der Waals surface area contributed by atoms with E-state index >= 15 is 0 Å². The van der Waals surface area contributed by atoms with Crippen LogP contribution in [-0.2, 0) is 5.41 Å². The van der Waals surface area contributed by atoms with Crippen LogP contribution in [0.2, 0.25) is 0 Å². The molecule has 0 spiro atoms. The lowest BCUT2D eigenvalue weighted by Gasteiger charge is -2.31. The molecule has 0 saturated heterocycles. The molecule has 18 heavy (non-hydrogen) atoms. The van der Waals surface area contributed by atoms with E-state index in [1.807, 2.05) is 14.0 Å². The smallest absolute Gasteiger partial charge is 0.122 e. The second-order valence-corrected chi connectivity index (χ2v) is 5.31. The van der Waals surface area contributed by atoms with Crippen LogP contribution in [0.25, 0.3) is 0 Å². The molecule has 0 bridgehead atoms. The van der Waals surface area contributed by atoms with E-state index in [0.717, 1.165) is 25.3 Å². The first-order chi connectivity index (χ1) is 8.48. The van der Waals surface area contributed by atoms with Gasteiger partial charge in [0.05, 0.1) is 6.61 Å². The summed E-state index contributed by atoms with van der Waals surface area (Å²) >= 11 is 0. The molecular formula is C16H27NO. The second kappa shape index (κ2) is 6.24. The van der Waals surface area contributed by atoms with Gasteiger partial charge in [-0.15, -0.1) is 0 Å². The van der Waals surface area contributed by atoms with E-state index in [4.69, 9.17) is 4.74 Å². The van der Waals surface area contributed by atoms with Gasteiger partial charge in [-0.1, -0.05) is 19.9 Å². The van der Waals surface area contributed by atoms with Crippen LogP contribution in [-0.4, -0.2) is 20.2 Å². The molecule has 1 aromatic rings. The van der Waals surface area contributed by atoms with Crippen LogP contribution < -0.4 is 10.1 Å². The summed E-state index contributed by atoms with van der Waals surface area (Å²) in [5.41, 5.74) is 4.17. The van der Waals surface area contributed by atoms with Gasteiger partial charge in [-0.05, 0) is 57.0 Å². The maximum absolute atomic E-state index is 5.66. The van der Waals surface area contributed by atoms with Crippen molar-refractivity contribution in [2.45, 2.75) is 46.5 Å². The number of rotatable bonds is 6. The highest BCUT2D eigenvalue weighted by Crippen LogP contribution is 2.33. The van der Waals surface area contributed by atoms with Gasteiger partial charge in [-0.25, -0.2) is 0 Å². The number of hydrogen-bond donors (Lipinski definition) is 1. The lowest BCUT2D eigenvalue weighted by molar-refractivity contribution is 0.337. The van der Waals surface area contributed by atoms with E-state index in [-0.39, 0.29) is 5.41 Å². The molecule has 0 amide bonds. The summed E-state index contributed by atoms with van der Waals surface area (Å²) in [4.78, 5) is 0. The van der Waals surface area contributed by atoms with Crippen LogP contribution in [0.3, 0.4) is 0 Å². The average molecular weight is 249 g/mol. The van der Waals surface area contributed by atoms with Crippen molar-refractivity contribution >= 4 is 0 Å². The molecular weight excluding hydrogens is 222 g/mol. The molecule has 0 saturated carbocycles. The zero-order valence-electron chi connectivity index (χ0n) is 12.7. The predicted molar refractivity (Wildman–Crippen MR) is 78.7 cm³/mol. The third-order valence-electron chi connectivity index (χ3n) is 3.82. The highest BCUT2D eigenvalue weighted by Gasteiger charge is 2.26. The minimum absolute atomic E-state index is 0.189. The van der Waals surface area contributed by atoms with Crippen molar-refractivity contribution in [1.82, 2.24) is 5.32 Å². The van der Waals surface area contributed by atoms with Crippen LogP contribution in [0.4, 0.5) is 0 Å². The molecule has 0 heterocycles. The third kappa shape index (κ3) is 3.05. The predicted octanol–water partition coefficient (Wildman–Crippen LogP) is 3.59. The first kappa shape index (κ1) is 15.0. The molecule has 1 aromatic carbocycles. The Morgan fingerprint density at radius 1 is 1.17 bits per heavy atom. The molecule has 0 aromatic heterocycles. The number of ether oxygens (including phenoxy) is 1. The molecule has 0 fully saturated rings. The highest BCUT2D eigenvalue weighted by atomic mass is 16.5. The van der Waals surface area contributed by atoms with Gasteiger partial charge in [-0.2, -0.15) is 0 Å². The topological polar surface area (TPSA) is 21.3 Å². The summed E-state index contributed by atoms with van der Waals surface area (Å²) in [7, 11) is 2.02. The Hall–Kier alpha value is -1.02. The van der Waals surface area contributed by atoms with Crippen molar-refractivity contribution in [2.24, 2.45) is 0 Å². The molecule has 1 unspecified atom stereocenters. The van der Waals surface area contributed by atoms with Gasteiger partial charge < -0.3 is 10.1 Å². The van der Waals surface area contributed by atoms with Crippen LogP contribution >= 0.6 is 0 Å². The summed E-state index contributed by atoms with van der Waals surface area (Å²) in [6, 6.07) is 4.47. The van der Waals surface area contributed by atoms with Crippen LogP contribution in [0.5, 0.6) is 5.75 Å². The molecule has 2 heteroatoms. The highest BCUT2D eigenvalue weighted by molar-refractivity contribution is 5.45. The summed E-state index contributed by atoms with van der Waals surface area (Å²) in [5, 5.41) is 3.31. The number of nitrogens with one attached hydrogen (secondary N) is 1. The van der Waals surface area contributed by atoms with E-state index in [1.165, 1.54) is 16.7 Å². The van der Waals surface area contributed by atoms with Crippen molar-refractivity contribution in [2.75, 3.05) is 20.2 Å². The first-order valence-corrected chi connectivity index (χ1v) is 6.87. The Balaban J connectivity index is 3.21. The Morgan fingerprint density at radius 3 is 2.33 bits per heavy atom. The maximum Gasteiger partial charge on any atom is 0.122 e. The second-order valence-electron chi connectivity index (χ2n) is 5.31. The van der Waals surface area contributed by atoms with E-state index in [2.05, 4.69) is 45.1 Å². The summed E-state index contributed by atoms with van der Waals surface area (Å²) in [5.74, 6) is 1.02. The quantitative estimate of drug-likeness (QED) is 0.832. The standard InChI is InChI=1S/C16H27NO/c1-7-16(5,11-17-6)14-9-13(4)15(18-8-2)10-12(14)3/h9-10,17H,7-8,11H2,1-6H3. The first-order valence-electron chi connectivity index (χ1n) is 6.87. The SMILES string of the molecule is CCOc1cc(C)c(C(C)(CC)CNC)cc1C. The van der Waals surface area contributed by atoms with Crippen molar-refractivity contribution in [3.63, 3.8) is 0 Å². The maximum atomic E-state index is 5.66. The molecule has 1 atom stereocenters. The van der Waals surface area contributed by atoms with Crippen LogP contribution in [0.1, 0.15) is 43.9 Å². The Bertz CT molecular complexity index is 400. The van der Waals surface area contributed by atoms with Crippen LogP contribution in [0.15, 0.2) is 12.1 Å². The molecule has 102 valence electrons. The fraction of sp³-hybridized carbons (Fsp3) is 0.625. The Labute approximate surface area is 112 Å². The Morgan fingerprint density at radius 2 is 1.83 bits per heavy atom. The van der Waals surface area contributed by atoms with Gasteiger partial charge >= 0.3 is 0 Å². The number of aryl methyl sites for hydroxylation is 2. The largest absolute Gasteiger partial charge is 0.494 e. The molecule has 0 aliphatic heterocycles. The van der Waals surface area contributed by atoms with Gasteiger partial charge in [-0.3, -0.25) is 0 Å². The van der Waals surface area contributed by atoms with Crippen LogP contribution in [0, 0.1) is 13.8 Å². The van der Waals surface area contributed by atoms with E-state index in [0.29, 0.717) is 0 Å². The minimum atomic E-state index is 0.189. The van der Waals surface area contributed by atoms with Crippen molar-refractivity contribution in [3.8, 4) is 5.75 Å². The minimum Gasteiger partial charge on any atom is -0.494 e. The van der Waals surface area contributed by atoms with Gasteiger partial charge in [0.15, 0.2) is 0 Å². The number of benzene rings is 1. The van der Waals surface area contributed by atoms with E-state index in [1.54, 1.807) is 0 Å². The lowest BCUT2D eigenvalue weighted by atomic mass is 9.77. The third-order valence-corrected chi connectivity index (χ3v) is 3.82. The number of hydrogen-bond acceptors (Lipinski definition) is 2. The van der Waals surface area contributed by atoms with Crippen molar-refractivity contribution in [3.05, 3.63) is 28.8 Å². The zero-order chi connectivity index (χ0) is 13.8. The molecule has 0 radical (unpaired) electrons. The monoisotopic (exact) mass is 249 g/mol. The lowest BCUT2D eigenvalue weighted by Crippen LogP contribution is -2.34. The average Bonchev–Trinajstić information content (AvgIpc) is 2.34. The number of likely N-dealkylation sites (N-methyl/N-ethyl adjacent to an activating group) is 1. The molecule has 0 aliphatic carbocycles. The summed E-state index contributed by atoms with van der Waals surface area (Å²) in [6.45, 7) is 12.6. The summed E-state index contributed by atoms with van der Waals surface area (Å²) in [6.07, 6.45) is 1.13. The molecule has 1 rings (SSSR count). The summed E-state index contributed by atoms with van der Waals surface area (Å²) < 4.78 is 5.66. The van der Waals surface area contributed by atoms with E-state index < -0.39 is 0 Å². The normalized spacial score (nSPS) is 14.3. The van der Waals surface area contributed by atoms with Gasteiger partial charge in [0.1, 0.15) is 5.75 Å². The molecule has 1 N–H and O–H groups in total. The molecule has 2 nitrogen and oxygen atoms in total. The van der Waals surface area contributed by atoms with E-state index in [9.17, 15) is 0 Å². The van der Waals surface area contributed by atoms with Gasteiger partial charge in [0, 0.05) is 12.0 Å². The zero-order valence-corrected chi connectivity index (χ0v) is 12.7. The van der Waals surface area contributed by atoms with Gasteiger partial charge in [0.2, 0.25) is 0 Å². The van der Waals surface area contributed by atoms with Gasteiger partial charge in [0.25, 0.3) is 0 Å². The van der Waals surface area contributed by atoms with Crippen molar-refractivity contribution in [1.29, 1.82) is 0 Å². The Kier molecular flexibility index (Phi) is 5.21.